The molecule has 4 heteroatoms. The highest BCUT2D eigenvalue weighted by Crippen LogP contribution is 2.63. The van der Waals surface area contributed by atoms with Crippen molar-refractivity contribution in [1.82, 2.24) is 5.32 Å². The van der Waals surface area contributed by atoms with E-state index >= 15 is 0 Å². The maximum atomic E-state index is 12.7. The molecule has 1 saturated carbocycles. The molecule has 1 unspecified atom stereocenters. The maximum Gasteiger partial charge on any atom is 0.224 e. The van der Waals surface area contributed by atoms with Gasteiger partial charge in [0.2, 0.25) is 5.91 Å². The Bertz CT molecular complexity index is 636. The highest BCUT2D eigenvalue weighted by molar-refractivity contribution is 5.85. The summed E-state index contributed by atoms with van der Waals surface area (Å²) in [6.45, 7) is 5.83. The second-order valence-corrected chi connectivity index (χ2v) is 8.16. The highest BCUT2D eigenvalue weighted by Gasteiger charge is 2.63. The molecular weight excluding hydrogens is 302 g/mol. The van der Waals surface area contributed by atoms with Crippen molar-refractivity contribution in [1.29, 1.82) is 0 Å². The van der Waals surface area contributed by atoms with Gasteiger partial charge in [-0.1, -0.05) is 18.2 Å². The zero-order valence-corrected chi connectivity index (χ0v) is 14.6. The molecule has 0 radical (unpaired) electrons. The van der Waals surface area contributed by atoms with Crippen molar-refractivity contribution in [2.24, 2.45) is 5.92 Å². The summed E-state index contributed by atoms with van der Waals surface area (Å²) in [6, 6.07) is 8.22. The Labute approximate surface area is 143 Å². The number of hydrogen-bond acceptors (Lipinski definition) is 3. The Morgan fingerprint density at radius 3 is 2.96 bits per heavy atom. The maximum absolute atomic E-state index is 12.7. The fourth-order valence-electron chi connectivity index (χ4n) is 4.65. The van der Waals surface area contributed by atoms with Gasteiger partial charge in [0, 0.05) is 30.0 Å². The lowest BCUT2D eigenvalue weighted by Crippen LogP contribution is -2.40. The summed E-state index contributed by atoms with van der Waals surface area (Å²) in [7, 11) is 0. The van der Waals surface area contributed by atoms with Crippen molar-refractivity contribution in [3.63, 3.8) is 0 Å². The SMILES string of the molecule is CC1(C)C[C@@]2(C[C@@H]2C(=O)NCCC2CCCO2)c2ccccc2O1. The second kappa shape index (κ2) is 5.76. The van der Waals surface area contributed by atoms with E-state index in [2.05, 4.69) is 25.2 Å². The van der Waals surface area contributed by atoms with Gasteiger partial charge >= 0.3 is 0 Å². The van der Waals surface area contributed by atoms with Crippen LogP contribution in [0.15, 0.2) is 24.3 Å². The third-order valence-corrected chi connectivity index (χ3v) is 5.73. The van der Waals surface area contributed by atoms with Crippen LogP contribution in [-0.2, 0) is 14.9 Å². The van der Waals surface area contributed by atoms with Crippen molar-refractivity contribution in [3.05, 3.63) is 29.8 Å². The molecule has 3 aliphatic rings. The average Bonchev–Trinajstić information content (AvgIpc) is 2.99. The molecule has 4 rings (SSSR count). The Morgan fingerprint density at radius 1 is 1.33 bits per heavy atom. The number of hydrogen-bond donors (Lipinski definition) is 1. The molecule has 1 aromatic carbocycles. The molecule has 0 aromatic heterocycles. The van der Waals surface area contributed by atoms with E-state index in [-0.39, 0.29) is 22.8 Å². The average molecular weight is 329 g/mol. The van der Waals surface area contributed by atoms with Gasteiger partial charge in [0.25, 0.3) is 0 Å². The van der Waals surface area contributed by atoms with Crippen LogP contribution in [-0.4, -0.2) is 30.8 Å². The van der Waals surface area contributed by atoms with Gasteiger partial charge in [0.05, 0.1) is 6.10 Å². The number of rotatable bonds is 4. The lowest BCUT2D eigenvalue weighted by atomic mass is 9.80. The van der Waals surface area contributed by atoms with Crippen molar-refractivity contribution in [3.8, 4) is 5.75 Å². The van der Waals surface area contributed by atoms with Crippen LogP contribution < -0.4 is 10.1 Å². The normalized spacial score (nSPS) is 32.9. The number of nitrogens with one attached hydrogen (secondary N) is 1. The van der Waals surface area contributed by atoms with Crippen molar-refractivity contribution in [2.75, 3.05) is 13.2 Å². The van der Waals surface area contributed by atoms with Gasteiger partial charge in [0.15, 0.2) is 0 Å². The molecule has 1 saturated heterocycles. The summed E-state index contributed by atoms with van der Waals surface area (Å²) in [5, 5.41) is 3.14. The molecule has 130 valence electrons. The lowest BCUT2D eigenvalue weighted by molar-refractivity contribution is -0.123. The number of carbonyl (C=O) groups is 1. The van der Waals surface area contributed by atoms with Crippen LogP contribution in [0.2, 0.25) is 0 Å². The summed E-state index contributed by atoms with van der Waals surface area (Å²) in [6.07, 6.45) is 5.37. The van der Waals surface area contributed by atoms with Gasteiger partial charge in [-0.3, -0.25) is 4.79 Å². The number of amides is 1. The fourth-order valence-corrected chi connectivity index (χ4v) is 4.65. The van der Waals surface area contributed by atoms with E-state index in [1.165, 1.54) is 5.56 Å². The van der Waals surface area contributed by atoms with E-state index in [9.17, 15) is 4.79 Å². The third-order valence-electron chi connectivity index (χ3n) is 5.73. The van der Waals surface area contributed by atoms with E-state index < -0.39 is 0 Å². The van der Waals surface area contributed by atoms with Gasteiger partial charge < -0.3 is 14.8 Å². The minimum atomic E-state index is -0.221. The van der Waals surface area contributed by atoms with Crippen molar-refractivity contribution < 1.29 is 14.3 Å². The third kappa shape index (κ3) is 2.81. The first kappa shape index (κ1) is 15.9. The van der Waals surface area contributed by atoms with Gasteiger partial charge in [0.1, 0.15) is 11.4 Å². The first-order chi connectivity index (χ1) is 11.5. The smallest absolute Gasteiger partial charge is 0.224 e. The quantitative estimate of drug-likeness (QED) is 0.923. The number of para-hydroxylation sites is 1. The van der Waals surface area contributed by atoms with Crippen LogP contribution in [0, 0.1) is 5.92 Å². The summed E-state index contributed by atoms with van der Waals surface area (Å²) in [4.78, 5) is 12.7. The number of carbonyl (C=O) groups excluding carboxylic acids is 1. The van der Waals surface area contributed by atoms with E-state index in [1.54, 1.807) is 0 Å². The number of benzene rings is 1. The molecule has 2 heterocycles. The Balaban J connectivity index is 1.42. The molecule has 1 amide bonds. The van der Waals surface area contributed by atoms with Crippen LogP contribution in [0.1, 0.15) is 51.5 Å². The van der Waals surface area contributed by atoms with Gasteiger partial charge in [-0.15, -0.1) is 0 Å². The predicted molar refractivity (Wildman–Crippen MR) is 92.2 cm³/mol. The predicted octanol–water partition coefficient (Wildman–Crippen LogP) is 3.19. The zero-order chi connectivity index (χ0) is 16.8. The Morgan fingerprint density at radius 2 is 2.17 bits per heavy atom. The summed E-state index contributed by atoms with van der Waals surface area (Å²) < 4.78 is 11.7. The van der Waals surface area contributed by atoms with Crippen LogP contribution >= 0.6 is 0 Å². The fraction of sp³-hybridized carbons (Fsp3) is 0.650. The second-order valence-electron chi connectivity index (χ2n) is 8.16. The summed E-state index contributed by atoms with van der Waals surface area (Å²) in [5.74, 6) is 1.22. The number of fused-ring (bicyclic) bond motifs is 2. The van der Waals surface area contributed by atoms with Crippen LogP contribution in [0.5, 0.6) is 5.75 Å². The molecule has 1 N–H and O–H groups in total. The first-order valence-electron chi connectivity index (χ1n) is 9.18. The standard InChI is InChI=1S/C20H27NO3/c1-19(2)13-20(15-7-3-4-8-17(15)24-19)12-16(20)18(22)21-10-9-14-6-5-11-23-14/h3-4,7-8,14,16H,5-6,9-13H2,1-2H3,(H,21,22)/t14?,16-,20+/m1/s1. The number of ether oxygens (including phenoxy) is 2. The topological polar surface area (TPSA) is 47.6 Å². The minimum Gasteiger partial charge on any atom is -0.488 e. The molecular formula is C20H27NO3. The molecule has 1 spiro atoms. The monoisotopic (exact) mass is 329 g/mol. The van der Waals surface area contributed by atoms with Crippen LogP contribution in [0.25, 0.3) is 0 Å². The molecule has 2 aliphatic heterocycles. The zero-order valence-electron chi connectivity index (χ0n) is 14.6. The van der Waals surface area contributed by atoms with Crippen LogP contribution in [0.3, 0.4) is 0 Å². The minimum absolute atomic E-state index is 0.0354. The lowest BCUT2D eigenvalue weighted by Gasteiger charge is -2.38. The molecule has 4 nitrogen and oxygen atoms in total. The van der Waals surface area contributed by atoms with Crippen molar-refractivity contribution in [2.45, 2.75) is 63.1 Å². The van der Waals surface area contributed by atoms with E-state index in [0.717, 1.165) is 51.0 Å². The van der Waals surface area contributed by atoms with E-state index in [4.69, 9.17) is 9.47 Å². The first-order valence-corrected chi connectivity index (χ1v) is 9.18. The molecule has 2 fully saturated rings. The van der Waals surface area contributed by atoms with Crippen LogP contribution in [0.4, 0.5) is 0 Å². The Hall–Kier alpha value is -1.55. The Kier molecular flexibility index (Phi) is 3.83. The van der Waals surface area contributed by atoms with E-state index in [0.29, 0.717) is 6.10 Å². The molecule has 0 bridgehead atoms. The summed E-state index contributed by atoms with van der Waals surface area (Å²) in [5.41, 5.74) is 0.955. The molecule has 24 heavy (non-hydrogen) atoms. The molecule has 1 aromatic rings. The molecule has 1 aliphatic carbocycles. The van der Waals surface area contributed by atoms with E-state index in [1.807, 2.05) is 18.2 Å². The van der Waals surface area contributed by atoms with Gasteiger partial charge in [-0.2, -0.15) is 0 Å². The van der Waals surface area contributed by atoms with Gasteiger partial charge in [-0.05, 0) is 52.0 Å². The highest BCUT2D eigenvalue weighted by atomic mass is 16.5. The van der Waals surface area contributed by atoms with Crippen molar-refractivity contribution >= 4 is 5.91 Å². The summed E-state index contributed by atoms with van der Waals surface area (Å²) >= 11 is 0. The molecule has 3 atom stereocenters. The van der Waals surface area contributed by atoms with Gasteiger partial charge in [-0.25, -0.2) is 0 Å². The largest absolute Gasteiger partial charge is 0.488 e.